The van der Waals surface area contributed by atoms with E-state index in [4.69, 9.17) is 28.4 Å². The number of hydrogen-bond acceptors (Lipinski definition) is 6. The van der Waals surface area contributed by atoms with Crippen LogP contribution in [0.2, 0.25) is 0 Å². The van der Waals surface area contributed by atoms with E-state index in [2.05, 4.69) is 63.7 Å². The van der Waals surface area contributed by atoms with E-state index in [-0.39, 0.29) is 0 Å². The van der Waals surface area contributed by atoms with Gasteiger partial charge in [0.15, 0.2) is 0 Å². The number of benzene rings is 3. The topological polar surface area (TPSA) is 55.4 Å². The quantitative estimate of drug-likeness (QED) is 0.310. The van der Waals surface area contributed by atoms with E-state index in [1.54, 1.807) is 6.08 Å². The molecule has 0 atom stereocenters. The van der Waals surface area contributed by atoms with E-state index in [1.807, 2.05) is 0 Å². The second kappa shape index (κ2) is 14.0. The molecule has 0 radical (unpaired) electrons. The fourth-order valence-corrected chi connectivity index (χ4v) is 5.55. The highest BCUT2D eigenvalue weighted by molar-refractivity contribution is 5.88. The molecule has 3 aromatic carbocycles. The number of aryl methyl sites for hydroxylation is 3. The highest BCUT2D eigenvalue weighted by Crippen LogP contribution is 2.48. The van der Waals surface area contributed by atoms with Crippen LogP contribution in [0.1, 0.15) is 47.1 Å². The molecule has 0 fully saturated rings. The van der Waals surface area contributed by atoms with Crippen molar-refractivity contribution in [3.8, 4) is 39.5 Å². The summed E-state index contributed by atoms with van der Waals surface area (Å²) in [5.41, 5.74) is 9.40. The van der Waals surface area contributed by atoms with E-state index >= 15 is 0 Å². The monoisotopic (exact) mass is 558 g/mol. The first kappa shape index (κ1) is 29.2. The molecule has 2 aliphatic rings. The first-order valence-corrected chi connectivity index (χ1v) is 14.7. The summed E-state index contributed by atoms with van der Waals surface area (Å²) in [6, 6.07) is 13.1. The molecule has 0 spiro atoms. The van der Waals surface area contributed by atoms with Crippen molar-refractivity contribution < 1.29 is 28.4 Å². The van der Waals surface area contributed by atoms with Crippen molar-refractivity contribution in [1.82, 2.24) is 0 Å². The Hall–Kier alpha value is -3.32. The van der Waals surface area contributed by atoms with Crippen LogP contribution in [0.15, 0.2) is 49.1 Å². The third kappa shape index (κ3) is 7.13. The average molecular weight is 559 g/mol. The molecule has 0 aliphatic carbocycles. The zero-order chi connectivity index (χ0) is 28.6. The van der Waals surface area contributed by atoms with Crippen molar-refractivity contribution in [2.24, 2.45) is 0 Å². The molecular formula is C35H42O6. The highest BCUT2D eigenvalue weighted by Gasteiger charge is 2.24. The summed E-state index contributed by atoms with van der Waals surface area (Å²) in [7, 11) is 0. The highest BCUT2D eigenvalue weighted by atomic mass is 16.5. The molecule has 0 N–H and O–H groups in total. The Balaban J connectivity index is 1.82. The summed E-state index contributed by atoms with van der Waals surface area (Å²) in [5.74, 6) is 2.49. The molecule has 0 saturated carbocycles. The molecule has 2 heterocycles. The number of rotatable bonds is 3. The average Bonchev–Trinajstić information content (AvgIpc) is 2.94. The van der Waals surface area contributed by atoms with Gasteiger partial charge in [-0.2, -0.15) is 0 Å². The molecule has 8 bridgehead atoms. The van der Waals surface area contributed by atoms with Crippen LogP contribution in [0.4, 0.5) is 0 Å². The lowest BCUT2D eigenvalue weighted by Crippen LogP contribution is -2.12. The van der Waals surface area contributed by atoms with Gasteiger partial charge in [-0.05, 0) is 81.0 Å². The Labute approximate surface area is 244 Å². The smallest absolute Gasteiger partial charge is 0.135 e. The van der Waals surface area contributed by atoms with Crippen molar-refractivity contribution in [3.05, 3.63) is 76.9 Å². The lowest BCUT2D eigenvalue weighted by atomic mass is 9.90. The predicted molar refractivity (Wildman–Crippen MR) is 162 cm³/mol. The molecule has 41 heavy (non-hydrogen) atoms. The van der Waals surface area contributed by atoms with Crippen LogP contribution in [0, 0.1) is 20.8 Å². The van der Waals surface area contributed by atoms with Gasteiger partial charge in [-0.25, -0.2) is 0 Å². The molecule has 2 aliphatic heterocycles. The second-order valence-electron chi connectivity index (χ2n) is 10.9. The fraction of sp³-hybridized carbons (Fsp3) is 0.429. The fourth-order valence-electron chi connectivity index (χ4n) is 5.55. The minimum atomic E-state index is 0.374. The Morgan fingerprint density at radius 1 is 0.610 bits per heavy atom. The lowest BCUT2D eigenvalue weighted by molar-refractivity contribution is 0.00635. The minimum absolute atomic E-state index is 0.374. The van der Waals surface area contributed by atoms with Crippen LogP contribution < -0.4 is 14.2 Å². The molecule has 0 saturated heterocycles. The molecule has 0 unspecified atom stereocenters. The predicted octanol–water partition coefficient (Wildman–Crippen LogP) is 7.52. The summed E-state index contributed by atoms with van der Waals surface area (Å²) < 4.78 is 37.6. The van der Waals surface area contributed by atoms with Crippen molar-refractivity contribution in [2.75, 3.05) is 46.2 Å². The van der Waals surface area contributed by atoms with Gasteiger partial charge in [0.05, 0.1) is 52.9 Å². The van der Waals surface area contributed by atoms with Crippen molar-refractivity contribution in [2.45, 2.75) is 53.2 Å². The van der Waals surface area contributed by atoms with Gasteiger partial charge in [-0.1, -0.05) is 24.8 Å². The van der Waals surface area contributed by atoms with Crippen LogP contribution in [0.3, 0.4) is 0 Å². The molecule has 0 aromatic heterocycles. The van der Waals surface area contributed by atoms with Gasteiger partial charge in [-0.15, -0.1) is 0 Å². The van der Waals surface area contributed by atoms with Gasteiger partial charge >= 0.3 is 0 Å². The Bertz CT molecular complexity index is 1270. The van der Waals surface area contributed by atoms with E-state index in [0.717, 1.165) is 86.6 Å². The molecular weight excluding hydrogens is 516 g/mol. The van der Waals surface area contributed by atoms with E-state index < -0.39 is 0 Å². The number of hydrogen-bond donors (Lipinski definition) is 0. The van der Waals surface area contributed by atoms with E-state index in [1.165, 1.54) is 0 Å². The second-order valence-corrected chi connectivity index (χ2v) is 10.9. The van der Waals surface area contributed by atoms with Crippen molar-refractivity contribution in [3.63, 3.8) is 0 Å². The van der Waals surface area contributed by atoms with E-state index in [9.17, 15) is 0 Å². The molecule has 6 heteroatoms. The summed E-state index contributed by atoms with van der Waals surface area (Å²) in [4.78, 5) is 0. The largest absolute Gasteiger partial charge is 0.493 e. The van der Waals surface area contributed by atoms with Crippen LogP contribution in [0.5, 0.6) is 17.2 Å². The first-order valence-electron chi connectivity index (χ1n) is 14.7. The maximum absolute atomic E-state index is 6.58. The number of ether oxygens (including phenoxy) is 6. The van der Waals surface area contributed by atoms with Gasteiger partial charge in [0.1, 0.15) is 23.9 Å². The Kier molecular flexibility index (Phi) is 9.99. The lowest BCUT2D eigenvalue weighted by Gasteiger charge is -2.24. The zero-order valence-electron chi connectivity index (χ0n) is 24.7. The zero-order valence-corrected chi connectivity index (χ0v) is 24.7. The summed E-state index contributed by atoms with van der Waals surface area (Å²) >= 11 is 0. The molecule has 218 valence electrons. The molecule has 6 nitrogen and oxygen atoms in total. The third-order valence-corrected chi connectivity index (χ3v) is 7.32. The van der Waals surface area contributed by atoms with Gasteiger partial charge in [0.25, 0.3) is 0 Å². The maximum Gasteiger partial charge on any atom is 0.135 e. The van der Waals surface area contributed by atoms with Crippen molar-refractivity contribution >= 4 is 0 Å². The first-order chi connectivity index (χ1) is 20.0. The minimum Gasteiger partial charge on any atom is -0.493 e. The molecule has 3 aromatic rings. The van der Waals surface area contributed by atoms with Crippen LogP contribution in [0.25, 0.3) is 22.3 Å². The third-order valence-electron chi connectivity index (χ3n) is 7.32. The summed E-state index contributed by atoms with van der Waals surface area (Å²) in [6.45, 7) is 14.7. The van der Waals surface area contributed by atoms with Crippen LogP contribution >= 0.6 is 0 Å². The van der Waals surface area contributed by atoms with Gasteiger partial charge < -0.3 is 28.4 Å². The summed E-state index contributed by atoms with van der Waals surface area (Å²) in [5, 5.41) is 0. The Morgan fingerprint density at radius 3 is 1.59 bits per heavy atom. The Morgan fingerprint density at radius 2 is 1.07 bits per heavy atom. The SMILES string of the molecule is C=CCOc1c2cc(C)cc1-c1cc(C)cc3c1OCCCCCOc1c(cc(C)cc1-2)COCCOCCOC3. The standard InChI is InChI=1S/C35H42O6/c1-5-9-39-35-31-20-26(4)21-32(35)30-19-25(3)17-28-23-38-15-13-36-12-14-37-22-27-16-24(2)18-29(31)33(27)40-10-7-6-8-11-41-34(28)30/h5,16-21H,1,6-15,22-23H2,2-4H3. The van der Waals surface area contributed by atoms with Gasteiger partial charge in [0, 0.05) is 33.4 Å². The van der Waals surface area contributed by atoms with Gasteiger partial charge in [0.2, 0.25) is 0 Å². The maximum atomic E-state index is 6.58. The van der Waals surface area contributed by atoms with Gasteiger partial charge in [-0.3, -0.25) is 0 Å². The normalized spacial score (nSPS) is 16.4. The molecule has 0 amide bonds. The van der Waals surface area contributed by atoms with E-state index in [0.29, 0.717) is 59.5 Å². The van der Waals surface area contributed by atoms with Crippen LogP contribution in [-0.4, -0.2) is 46.2 Å². The van der Waals surface area contributed by atoms with Crippen molar-refractivity contribution in [1.29, 1.82) is 0 Å². The summed E-state index contributed by atoms with van der Waals surface area (Å²) in [6.07, 6.45) is 4.66. The molecule has 5 rings (SSSR count). The van der Waals surface area contributed by atoms with Crippen LogP contribution in [-0.2, 0) is 27.4 Å².